The lowest BCUT2D eigenvalue weighted by Crippen LogP contribution is -2.27. The zero-order valence-electron chi connectivity index (χ0n) is 16.4. The van der Waals surface area contributed by atoms with Crippen molar-refractivity contribution in [3.63, 3.8) is 0 Å². The maximum absolute atomic E-state index is 12.3. The number of nitrogens with zero attached hydrogens (tertiary/aromatic N) is 1. The third-order valence-corrected chi connectivity index (χ3v) is 4.12. The highest BCUT2D eigenvalue weighted by Gasteiger charge is 2.15. The number of aryl methyl sites for hydroxylation is 1. The number of hydrogen-bond acceptors (Lipinski definition) is 4. The zero-order valence-corrected chi connectivity index (χ0v) is 16.4. The van der Waals surface area contributed by atoms with Gasteiger partial charge in [0, 0.05) is 24.9 Å². The number of H-pyrrole nitrogens is 1. The van der Waals surface area contributed by atoms with Crippen LogP contribution in [0, 0.1) is 0 Å². The van der Waals surface area contributed by atoms with E-state index in [4.69, 9.17) is 4.74 Å². The van der Waals surface area contributed by atoms with Crippen LogP contribution in [0.5, 0.6) is 5.75 Å². The molecule has 0 atom stereocenters. The lowest BCUT2D eigenvalue weighted by molar-refractivity contribution is -0.121. The van der Waals surface area contributed by atoms with Gasteiger partial charge >= 0.3 is 0 Å². The Morgan fingerprint density at radius 3 is 2.61 bits per heavy atom. The van der Waals surface area contributed by atoms with Crippen molar-refractivity contribution in [2.24, 2.45) is 0 Å². The summed E-state index contributed by atoms with van der Waals surface area (Å²) in [5.74, 6) is 0.614. The van der Waals surface area contributed by atoms with Crippen LogP contribution in [0.4, 0.5) is 0 Å². The Kier molecular flexibility index (Phi) is 5.78. The Hall–Kier alpha value is -3.15. The van der Waals surface area contributed by atoms with Crippen molar-refractivity contribution in [1.29, 1.82) is 0 Å². The van der Waals surface area contributed by atoms with Gasteiger partial charge in [0.1, 0.15) is 17.0 Å². The van der Waals surface area contributed by atoms with E-state index in [1.807, 2.05) is 63.2 Å². The van der Waals surface area contributed by atoms with Crippen LogP contribution in [0.3, 0.4) is 0 Å². The van der Waals surface area contributed by atoms with Crippen molar-refractivity contribution in [2.75, 3.05) is 0 Å². The molecule has 146 valence electrons. The maximum atomic E-state index is 12.3. The lowest BCUT2D eigenvalue weighted by atomic mass is 10.1. The molecule has 6 nitrogen and oxygen atoms in total. The summed E-state index contributed by atoms with van der Waals surface area (Å²) in [4.78, 5) is 31.6. The number of benzene rings is 2. The second kappa shape index (κ2) is 8.25. The molecule has 1 amide bonds. The van der Waals surface area contributed by atoms with E-state index in [1.54, 1.807) is 6.07 Å². The van der Waals surface area contributed by atoms with Crippen LogP contribution < -0.4 is 15.6 Å². The number of aromatic nitrogens is 2. The quantitative estimate of drug-likeness (QED) is 0.688. The third kappa shape index (κ3) is 5.19. The Morgan fingerprint density at radius 1 is 1.11 bits per heavy atom. The van der Waals surface area contributed by atoms with E-state index in [2.05, 4.69) is 15.3 Å². The third-order valence-electron chi connectivity index (χ3n) is 4.12. The van der Waals surface area contributed by atoms with Crippen molar-refractivity contribution in [3.8, 4) is 5.75 Å². The van der Waals surface area contributed by atoms with Crippen LogP contribution in [-0.4, -0.2) is 21.5 Å². The molecule has 0 saturated heterocycles. The molecule has 0 fully saturated rings. The summed E-state index contributed by atoms with van der Waals surface area (Å²) in [6.45, 7) is 6.32. The normalized spacial score (nSPS) is 11.4. The van der Waals surface area contributed by atoms with Crippen LogP contribution in [0.1, 0.15) is 38.4 Å². The lowest BCUT2D eigenvalue weighted by Gasteiger charge is -2.23. The van der Waals surface area contributed by atoms with Crippen LogP contribution in [0.2, 0.25) is 0 Å². The van der Waals surface area contributed by atoms with Gasteiger partial charge in [0.15, 0.2) is 0 Å². The van der Waals surface area contributed by atoms with E-state index in [9.17, 15) is 9.59 Å². The van der Waals surface area contributed by atoms with Gasteiger partial charge in [-0.2, -0.15) is 0 Å². The van der Waals surface area contributed by atoms with Gasteiger partial charge in [0.25, 0.3) is 5.56 Å². The maximum Gasteiger partial charge on any atom is 0.270 e. The van der Waals surface area contributed by atoms with Crippen LogP contribution >= 0.6 is 0 Å². The number of para-hydroxylation sites is 3. The number of amides is 1. The summed E-state index contributed by atoms with van der Waals surface area (Å²) < 4.78 is 5.94. The van der Waals surface area contributed by atoms with E-state index in [0.717, 1.165) is 11.3 Å². The number of fused-ring (bicyclic) bond motifs is 1. The van der Waals surface area contributed by atoms with Crippen molar-refractivity contribution in [1.82, 2.24) is 15.3 Å². The molecule has 1 aromatic heterocycles. The van der Waals surface area contributed by atoms with Crippen molar-refractivity contribution >= 4 is 16.9 Å². The van der Waals surface area contributed by atoms with Crippen LogP contribution in [0.25, 0.3) is 11.0 Å². The summed E-state index contributed by atoms with van der Waals surface area (Å²) in [6, 6.07) is 15.0. The Morgan fingerprint density at radius 2 is 1.82 bits per heavy atom. The number of nitrogens with one attached hydrogen (secondary N) is 2. The van der Waals surface area contributed by atoms with Crippen LogP contribution in [-0.2, 0) is 17.8 Å². The van der Waals surface area contributed by atoms with Crippen molar-refractivity contribution < 1.29 is 9.53 Å². The molecule has 0 unspecified atom stereocenters. The molecule has 0 bridgehead atoms. The standard InChI is InChI=1S/C22H25N3O3/c1-22(2,3)28-19-11-7-4-8-15(19)14-23-20(26)13-12-18-21(27)25-17-10-6-5-9-16(17)24-18/h4-11H,12-14H2,1-3H3,(H,23,26)(H,25,27). The van der Waals surface area contributed by atoms with Gasteiger partial charge in [-0.3, -0.25) is 9.59 Å². The Bertz CT molecular complexity index is 1030. The predicted octanol–water partition coefficient (Wildman–Crippen LogP) is 3.35. The number of aromatic amines is 1. The first-order chi connectivity index (χ1) is 13.3. The second-order valence-electron chi connectivity index (χ2n) is 7.63. The molecule has 0 aliphatic heterocycles. The van der Waals surface area contributed by atoms with E-state index in [1.165, 1.54) is 0 Å². The fourth-order valence-corrected chi connectivity index (χ4v) is 2.83. The van der Waals surface area contributed by atoms with Gasteiger partial charge in [-0.15, -0.1) is 0 Å². The fraction of sp³-hybridized carbons (Fsp3) is 0.318. The van der Waals surface area contributed by atoms with Crippen molar-refractivity contribution in [3.05, 3.63) is 70.1 Å². The highest BCUT2D eigenvalue weighted by Crippen LogP contribution is 2.22. The molecule has 2 aromatic carbocycles. The fourth-order valence-electron chi connectivity index (χ4n) is 2.83. The minimum atomic E-state index is -0.317. The smallest absolute Gasteiger partial charge is 0.270 e. The van der Waals surface area contributed by atoms with Gasteiger partial charge in [-0.05, 0) is 39.0 Å². The molecule has 3 aromatic rings. The molecule has 3 rings (SSSR count). The summed E-state index contributed by atoms with van der Waals surface area (Å²) in [7, 11) is 0. The number of carbonyl (C=O) groups is 1. The van der Waals surface area contributed by atoms with E-state index in [0.29, 0.717) is 23.3 Å². The first kappa shape index (κ1) is 19.6. The molecule has 6 heteroatoms. The number of rotatable bonds is 6. The summed E-state index contributed by atoms with van der Waals surface area (Å²) in [5, 5.41) is 2.89. The molecule has 0 aliphatic rings. The monoisotopic (exact) mass is 379 g/mol. The molecule has 0 aliphatic carbocycles. The predicted molar refractivity (Wildman–Crippen MR) is 109 cm³/mol. The van der Waals surface area contributed by atoms with Crippen LogP contribution in [0.15, 0.2) is 53.3 Å². The number of carbonyl (C=O) groups excluding carboxylic acids is 1. The SMILES string of the molecule is CC(C)(C)Oc1ccccc1CNC(=O)CCc1nc2ccccc2[nH]c1=O. The average molecular weight is 379 g/mol. The molecular weight excluding hydrogens is 354 g/mol. The van der Waals surface area contributed by atoms with Crippen molar-refractivity contribution in [2.45, 2.75) is 45.8 Å². The first-order valence-corrected chi connectivity index (χ1v) is 9.33. The molecule has 0 radical (unpaired) electrons. The van der Waals surface area contributed by atoms with Gasteiger partial charge in [-0.25, -0.2) is 4.98 Å². The highest BCUT2D eigenvalue weighted by atomic mass is 16.5. The summed E-state index contributed by atoms with van der Waals surface area (Å²) in [6.07, 6.45) is 0.475. The van der Waals surface area contributed by atoms with E-state index >= 15 is 0 Å². The highest BCUT2D eigenvalue weighted by molar-refractivity contribution is 5.76. The summed E-state index contributed by atoms with van der Waals surface area (Å²) in [5.41, 5.74) is 2.11. The first-order valence-electron chi connectivity index (χ1n) is 9.33. The molecule has 2 N–H and O–H groups in total. The molecular formula is C22H25N3O3. The molecule has 28 heavy (non-hydrogen) atoms. The molecule has 0 spiro atoms. The summed E-state index contributed by atoms with van der Waals surface area (Å²) >= 11 is 0. The number of hydrogen-bond donors (Lipinski definition) is 2. The van der Waals surface area contributed by atoms with Gasteiger partial charge < -0.3 is 15.0 Å². The average Bonchev–Trinajstić information content (AvgIpc) is 2.64. The minimum Gasteiger partial charge on any atom is -0.488 e. The Balaban J connectivity index is 1.60. The van der Waals surface area contributed by atoms with Gasteiger partial charge in [0.2, 0.25) is 5.91 Å². The van der Waals surface area contributed by atoms with E-state index in [-0.39, 0.29) is 29.9 Å². The topological polar surface area (TPSA) is 84.1 Å². The second-order valence-corrected chi connectivity index (χ2v) is 7.63. The largest absolute Gasteiger partial charge is 0.488 e. The minimum absolute atomic E-state index is 0.139. The van der Waals surface area contributed by atoms with Gasteiger partial charge in [0.05, 0.1) is 11.0 Å². The number of ether oxygens (including phenoxy) is 1. The zero-order chi connectivity index (χ0) is 20.1. The van der Waals surface area contributed by atoms with Gasteiger partial charge in [-0.1, -0.05) is 30.3 Å². The van der Waals surface area contributed by atoms with E-state index < -0.39 is 0 Å². The Labute approximate surface area is 164 Å². The molecule has 1 heterocycles. The molecule has 0 saturated carbocycles.